The number of hydrogen-bond acceptors (Lipinski definition) is 2. The highest BCUT2D eigenvalue weighted by Gasteiger charge is 2.32. The second kappa shape index (κ2) is 6.26. The summed E-state index contributed by atoms with van der Waals surface area (Å²) < 4.78 is 0. The molecule has 1 aromatic heterocycles. The van der Waals surface area contributed by atoms with E-state index in [1.807, 2.05) is 0 Å². The van der Waals surface area contributed by atoms with E-state index in [2.05, 4.69) is 57.9 Å². The zero-order valence-electron chi connectivity index (χ0n) is 14.0. The SMILES string of the molecule is CCC1CCC(NC(C)c2c(C)cc(C)nc2C)C1C. The summed E-state index contributed by atoms with van der Waals surface area (Å²) in [7, 11) is 0. The molecule has 1 aromatic rings. The molecule has 0 amide bonds. The van der Waals surface area contributed by atoms with E-state index in [9.17, 15) is 0 Å². The van der Waals surface area contributed by atoms with Crippen LogP contribution in [-0.4, -0.2) is 11.0 Å². The Hall–Kier alpha value is -0.890. The summed E-state index contributed by atoms with van der Waals surface area (Å²) in [6.45, 7) is 13.5. The van der Waals surface area contributed by atoms with E-state index >= 15 is 0 Å². The van der Waals surface area contributed by atoms with E-state index in [0.717, 1.165) is 17.5 Å². The third-order valence-corrected chi connectivity index (χ3v) is 5.23. The first-order valence-corrected chi connectivity index (χ1v) is 8.14. The van der Waals surface area contributed by atoms with Crippen LogP contribution < -0.4 is 5.32 Å². The van der Waals surface area contributed by atoms with Crippen LogP contribution in [0.25, 0.3) is 0 Å². The lowest BCUT2D eigenvalue weighted by molar-refractivity contribution is 0.326. The number of hydrogen-bond donors (Lipinski definition) is 1. The van der Waals surface area contributed by atoms with Crippen molar-refractivity contribution in [2.75, 3.05) is 0 Å². The van der Waals surface area contributed by atoms with Crippen molar-refractivity contribution in [2.24, 2.45) is 11.8 Å². The summed E-state index contributed by atoms with van der Waals surface area (Å²) in [6.07, 6.45) is 4.02. The quantitative estimate of drug-likeness (QED) is 0.875. The smallest absolute Gasteiger partial charge is 0.0426 e. The summed E-state index contributed by atoms with van der Waals surface area (Å²) in [5.74, 6) is 1.69. The van der Waals surface area contributed by atoms with Crippen LogP contribution in [0.4, 0.5) is 0 Å². The topological polar surface area (TPSA) is 24.9 Å². The first-order valence-electron chi connectivity index (χ1n) is 8.14. The molecular formula is C18H30N2. The maximum absolute atomic E-state index is 4.64. The Morgan fingerprint density at radius 3 is 2.55 bits per heavy atom. The minimum atomic E-state index is 0.395. The largest absolute Gasteiger partial charge is 0.307 e. The van der Waals surface area contributed by atoms with Crippen molar-refractivity contribution < 1.29 is 0 Å². The van der Waals surface area contributed by atoms with Crippen molar-refractivity contribution in [1.82, 2.24) is 10.3 Å². The first-order chi connectivity index (χ1) is 9.43. The zero-order chi connectivity index (χ0) is 14.9. The lowest BCUT2D eigenvalue weighted by Crippen LogP contribution is -2.35. The minimum Gasteiger partial charge on any atom is -0.307 e. The molecule has 1 aliphatic rings. The summed E-state index contributed by atoms with van der Waals surface area (Å²) in [5, 5.41) is 3.87. The Morgan fingerprint density at radius 1 is 1.30 bits per heavy atom. The molecular weight excluding hydrogens is 244 g/mol. The highest BCUT2D eigenvalue weighted by atomic mass is 15.0. The van der Waals surface area contributed by atoms with Crippen LogP contribution in [-0.2, 0) is 0 Å². The minimum absolute atomic E-state index is 0.395. The Balaban J connectivity index is 2.11. The van der Waals surface area contributed by atoms with Crippen LogP contribution in [0.15, 0.2) is 6.07 Å². The van der Waals surface area contributed by atoms with E-state index in [-0.39, 0.29) is 0 Å². The van der Waals surface area contributed by atoms with Gasteiger partial charge in [-0.05, 0) is 69.6 Å². The molecule has 4 atom stereocenters. The molecule has 2 nitrogen and oxygen atoms in total. The predicted octanol–water partition coefficient (Wildman–Crippen LogP) is 4.48. The highest BCUT2D eigenvalue weighted by molar-refractivity contribution is 5.33. The maximum atomic E-state index is 4.64. The fraction of sp³-hybridized carbons (Fsp3) is 0.722. The molecule has 1 heterocycles. The summed E-state index contributed by atoms with van der Waals surface area (Å²) in [5.41, 5.74) is 5.06. The van der Waals surface area contributed by atoms with Crippen LogP contribution >= 0.6 is 0 Å². The van der Waals surface area contributed by atoms with Crippen molar-refractivity contribution >= 4 is 0 Å². The Kier molecular flexibility index (Phi) is 4.85. The Morgan fingerprint density at radius 2 is 2.00 bits per heavy atom. The van der Waals surface area contributed by atoms with Gasteiger partial charge in [0.05, 0.1) is 0 Å². The summed E-state index contributed by atoms with van der Waals surface area (Å²) >= 11 is 0. The van der Waals surface area contributed by atoms with E-state index < -0.39 is 0 Å². The van der Waals surface area contributed by atoms with Crippen LogP contribution in [0, 0.1) is 32.6 Å². The Bertz CT molecular complexity index is 443. The van der Waals surface area contributed by atoms with Gasteiger partial charge in [0.2, 0.25) is 0 Å². The van der Waals surface area contributed by atoms with E-state index in [1.165, 1.54) is 36.1 Å². The molecule has 0 radical (unpaired) electrons. The van der Waals surface area contributed by atoms with Crippen LogP contribution in [0.5, 0.6) is 0 Å². The average molecular weight is 274 g/mol. The molecule has 2 heteroatoms. The van der Waals surface area contributed by atoms with Crippen LogP contribution in [0.2, 0.25) is 0 Å². The molecule has 0 aromatic carbocycles. The molecule has 1 N–H and O–H groups in total. The van der Waals surface area contributed by atoms with E-state index in [1.54, 1.807) is 0 Å². The van der Waals surface area contributed by atoms with Crippen molar-refractivity contribution in [3.05, 3.63) is 28.6 Å². The molecule has 0 bridgehead atoms. The van der Waals surface area contributed by atoms with E-state index in [4.69, 9.17) is 0 Å². The lowest BCUT2D eigenvalue weighted by atomic mass is 9.92. The van der Waals surface area contributed by atoms with Gasteiger partial charge in [0.1, 0.15) is 0 Å². The molecule has 0 aliphatic heterocycles. The number of aryl methyl sites for hydroxylation is 3. The fourth-order valence-corrected chi connectivity index (χ4v) is 4.15. The van der Waals surface area contributed by atoms with Crippen molar-refractivity contribution in [3.8, 4) is 0 Å². The van der Waals surface area contributed by atoms with Gasteiger partial charge in [-0.1, -0.05) is 20.3 Å². The van der Waals surface area contributed by atoms with Gasteiger partial charge in [-0.3, -0.25) is 4.98 Å². The zero-order valence-corrected chi connectivity index (χ0v) is 14.0. The van der Waals surface area contributed by atoms with Gasteiger partial charge in [0.25, 0.3) is 0 Å². The molecule has 4 unspecified atom stereocenters. The third kappa shape index (κ3) is 3.06. The van der Waals surface area contributed by atoms with Gasteiger partial charge in [0.15, 0.2) is 0 Å². The predicted molar refractivity (Wildman–Crippen MR) is 86.0 cm³/mol. The van der Waals surface area contributed by atoms with Crippen molar-refractivity contribution in [2.45, 2.75) is 72.9 Å². The van der Waals surface area contributed by atoms with Gasteiger partial charge in [-0.2, -0.15) is 0 Å². The second-order valence-electron chi connectivity index (χ2n) is 6.68. The lowest BCUT2D eigenvalue weighted by Gasteiger charge is -2.27. The average Bonchev–Trinajstić information content (AvgIpc) is 2.69. The number of rotatable bonds is 4. The molecule has 0 saturated heterocycles. The normalized spacial score (nSPS) is 27.8. The van der Waals surface area contributed by atoms with Crippen LogP contribution in [0.3, 0.4) is 0 Å². The Labute approximate surface area is 124 Å². The fourth-order valence-electron chi connectivity index (χ4n) is 4.15. The molecule has 1 fully saturated rings. The second-order valence-corrected chi connectivity index (χ2v) is 6.68. The van der Waals surface area contributed by atoms with Crippen molar-refractivity contribution in [3.63, 3.8) is 0 Å². The molecule has 2 rings (SSSR count). The van der Waals surface area contributed by atoms with Crippen molar-refractivity contribution in [1.29, 1.82) is 0 Å². The van der Waals surface area contributed by atoms with E-state index in [0.29, 0.717) is 12.1 Å². The van der Waals surface area contributed by atoms with Gasteiger partial charge < -0.3 is 5.32 Å². The molecule has 0 spiro atoms. The monoisotopic (exact) mass is 274 g/mol. The number of nitrogens with one attached hydrogen (secondary N) is 1. The summed E-state index contributed by atoms with van der Waals surface area (Å²) in [4.78, 5) is 4.64. The number of pyridine rings is 1. The van der Waals surface area contributed by atoms with Gasteiger partial charge >= 0.3 is 0 Å². The number of aromatic nitrogens is 1. The third-order valence-electron chi connectivity index (χ3n) is 5.23. The van der Waals surface area contributed by atoms with Crippen LogP contribution in [0.1, 0.15) is 68.6 Å². The molecule has 20 heavy (non-hydrogen) atoms. The van der Waals surface area contributed by atoms with Gasteiger partial charge in [-0.15, -0.1) is 0 Å². The first kappa shape index (κ1) is 15.5. The molecule has 1 saturated carbocycles. The summed E-state index contributed by atoms with van der Waals surface area (Å²) in [6, 6.07) is 3.26. The highest BCUT2D eigenvalue weighted by Crippen LogP contribution is 2.35. The molecule has 112 valence electrons. The molecule has 1 aliphatic carbocycles. The standard InChI is InChI=1S/C18H30N2/c1-7-16-8-9-17(13(16)4)20-15(6)18-11(2)10-12(3)19-14(18)5/h10,13,15-17,20H,7-9H2,1-6H3. The maximum Gasteiger partial charge on any atom is 0.0426 e. The van der Waals surface area contributed by atoms with Gasteiger partial charge in [-0.25, -0.2) is 0 Å². The number of nitrogens with zero attached hydrogens (tertiary/aromatic N) is 1. The van der Waals surface area contributed by atoms with Gasteiger partial charge in [0, 0.05) is 23.5 Å².